The van der Waals surface area contributed by atoms with Crippen LogP contribution in [0.1, 0.15) is 22.5 Å². The van der Waals surface area contributed by atoms with Crippen LogP contribution in [0.4, 0.5) is 0 Å². The lowest BCUT2D eigenvalue weighted by molar-refractivity contribution is 0.920. The molecular weight excluding hydrogens is 208 g/mol. The largest absolute Gasteiger partial charge is 0.330 e. The van der Waals surface area contributed by atoms with Gasteiger partial charge in [-0.05, 0) is 63.1 Å². The predicted molar refractivity (Wildman–Crippen MR) is 72.7 cm³/mol. The third kappa shape index (κ3) is 2.27. The number of nitrogens with two attached hydrogens (primary N) is 1. The molecule has 0 atom stereocenters. The molecule has 0 amide bonds. The Morgan fingerprint density at radius 3 is 2.53 bits per heavy atom. The van der Waals surface area contributed by atoms with E-state index >= 15 is 0 Å². The van der Waals surface area contributed by atoms with Crippen molar-refractivity contribution in [2.24, 2.45) is 5.73 Å². The van der Waals surface area contributed by atoms with Crippen LogP contribution in [0, 0.1) is 20.8 Å². The molecule has 1 aromatic heterocycles. The number of rotatable bonds is 3. The summed E-state index contributed by atoms with van der Waals surface area (Å²) in [6.07, 6.45) is 0.950. The quantitative estimate of drug-likeness (QED) is 0.860. The molecule has 0 saturated heterocycles. The van der Waals surface area contributed by atoms with E-state index in [1.165, 1.54) is 28.2 Å². The lowest BCUT2D eigenvalue weighted by Gasteiger charge is -2.10. The standard InChI is InChI=1S/C15H20N2/c1-11-5-4-6-15(9-11)17-12(2)10-14(7-8-16)13(17)3/h4-6,9-10H,7-8,16H2,1-3H3. The van der Waals surface area contributed by atoms with Gasteiger partial charge in [0.05, 0.1) is 0 Å². The minimum Gasteiger partial charge on any atom is -0.330 e. The first-order valence-corrected chi connectivity index (χ1v) is 6.08. The molecule has 1 aromatic carbocycles. The number of hydrogen-bond donors (Lipinski definition) is 1. The summed E-state index contributed by atoms with van der Waals surface area (Å²) in [5, 5.41) is 0. The zero-order valence-corrected chi connectivity index (χ0v) is 10.8. The number of aryl methyl sites for hydroxylation is 2. The van der Waals surface area contributed by atoms with E-state index in [1.807, 2.05) is 0 Å². The fraction of sp³-hybridized carbons (Fsp3) is 0.333. The van der Waals surface area contributed by atoms with Gasteiger partial charge in [-0.1, -0.05) is 12.1 Å². The zero-order chi connectivity index (χ0) is 12.4. The van der Waals surface area contributed by atoms with Crippen molar-refractivity contribution in [2.45, 2.75) is 27.2 Å². The lowest BCUT2D eigenvalue weighted by atomic mass is 10.2. The second kappa shape index (κ2) is 4.76. The Morgan fingerprint density at radius 2 is 1.88 bits per heavy atom. The molecule has 2 rings (SSSR count). The third-order valence-electron chi connectivity index (χ3n) is 3.21. The molecule has 2 heteroatoms. The highest BCUT2D eigenvalue weighted by Gasteiger charge is 2.09. The molecule has 0 aliphatic rings. The Morgan fingerprint density at radius 1 is 1.12 bits per heavy atom. The highest BCUT2D eigenvalue weighted by Crippen LogP contribution is 2.21. The molecule has 0 bridgehead atoms. The summed E-state index contributed by atoms with van der Waals surface area (Å²) in [5.74, 6) is 0. The van der Waals surface area contributed by atoms with E-state index in [1.54, 1.807) is 0 Å². The van der Waals surface area contributed by atoms with Gasteiger partial charge in [-0.25, -0.2) is 0 Å². The van der Waals surface area contributed by atoms with Gasteiger partial charge in [0.1, 0.15) is 0 Å². The number of nitrogens with zero attached hydrogens (tertiary/aromatic N) is 1. The van der Waals surface area contributed by atoms with E-state index in [2.05, 4.69) is 55.7 Å². The maximum atomic E-state index is 5.64. The summed E-state index contributed by atoms with van der Waals surface area (Å²) >= 11 is 0. The average Bonchev–Trinajstić information content (AvgIpc) is 2.55. The van der Waals surface area contributed by atoms with Gasteiger partial charge in [0.15, 0.2) is 0 Å². The third-order valence-corrected chi connectivity index (χ3v) is 3.21. The van der Waals surface area contributed by atoms with E-state index < -0.39 is 0 Å². The smallest absolute Gasteiger partial charge is 0.0457 e. The molecule has 2 nitrogen and oxygen atoms in total. The first kappa shape index (κ1) is 11.9. The maximum Gasteiger partial charge on any atom is 0.0457 e. The van der Waals surface area contributed by atoms with E-state index in [4.69, 9.17) is 5.73 Å². The SMILES string of the molecule is Cc1cccc(-n2c(C)cc(CCN)c2C)c1. The Kier molecular flexibility index (Phi) is 3.34. The van der Waals surface area contributed by atoms with Crippen molar-refractivity contribution in [3.63, 3.8) is 0 Å². The molecule has 2 N–H and O–H groups in total. The monoisotopic (exact) mass is 228 g/mol. The van der Waals surface area contributed by atoms with Crippen LogP contribution < -0.4 is 5.73 Å². The van der Waals surface area contributed by atoms with Crippen molar-refractivity contribution < 1.29 is 0 Å². The van der Waals surface area contributed by atoms with Crippen LogP contribution in [0.3, 0.4) is 0 Å². The normalized spacial score (nSPS) is 10.8. The predicted octanol–water partition coefficient (Wildman–Crippen LogP) is 2.90. The van der Waals surface area contributed by atoms with Crippen molar-refractivity contribution in [3.8, 4) is 5.69 Å². The van der Waals surface area contributed by atoms with Crippen LogP contribution in [0.5, 0.6) is 0 Å². The highest BCUT2D eigenvalue weighted by molar-refractivity contribution is 5.42. The van der Waals surface area contributed by atoms with Crippen molar-refractivity contribution >= 4 is 0 Å². The van der Waals surface area contributed by atoms with Crippen molar-refractivity contribution in [3.05, 3.63) is 52.8 Å². The molecular formula is C15H20N2. The van der Waals surface area contributed by atoms with Crippen LogP contribution in [0.25, 0.3) is 5.69 Å². The molecule has 0 unspecified atom stereocenters. The fourth-order valence-electron chi connectivity index (χ4n) is 2.40. The van der Waals surface area contributed by atoms with Crippen molar-refractivity contribution in [2.75, 3.05) is 6.54 Å². The molecule has 0 aliphatic carbocycles. The van der Waals surface area contributed by atoms with E-state index in [-0.39, 0.29) is 0 Å². The summed E-state index contributed by atoms with van der Waals surface area (Å²) in [6, 6.07) is 10.8. The van der Waals surface area contributed by atoms with Crippen LogP contribution in [-0.2, 0) is 6.42 Å². The van der Waals surface area contributed by atoms with Gasteiger partial charge in [0, 0.05) is 17.1 Å². The molecule has 2 aromatic rings. The van der Waals surface area contributed by atoms with Crippen LogP contribution in [0.15, 0.2) is 30.3 Å². The second-order valence-electron chi connectivity index (χ2n) is 4.61. The molecule has 1 heterocycles. The van der Waals surface area contributed by atoms with E-state index in [0.717, 1.165) is 6.42 Å². The molecule has 0 saturated carbocycles. The van der Waals surface area contributed by atoms with Gasteiger partial charge in [-0.15, -0.1) is 0 Å². The lowest BCUT2D eigenvalue weighted by Crippen LogP contribution is -2.04. The molecule has 0 spiro atoms. The van der Waals surface area contributed by atoms with Gasteiger partial charge in [0.2, 0.25) is 0 Å². The Labute approximate surface area is 103 Å². The van der Waals surface area contributed by atoms with E-state index in [9.17, 15) is 0 Å². The summed E-state index contributed by atoms with van der Waals surface area (Å²) in [7, 11) is 0. The molecule has 0 radical (unpaired) electrons. The Bertz CT molecular complexity index is 524. The zero-order valence-electron chi connectivity index (χ0n) is 10.8. The van der Waals surface area contributed by atoms with Gasteiger partial charge < -0.3 is 10.3 Å². The molecule has 0 fully saturated rings. The summed E-state index contributed by atoms with van der Waals surface area (Å²) in [4.78, 5) is 0. The highest BCUT2D eigenvalue weighted by atomic mass is 15.0. The Hall–Kier alpha value is -1.54. The van der Waals surface area contributed by atoms with Gasteiger partial charge in [0.25, 0.3) is 0 Å². The van der Waals surface area contributed by atoms with Gasteiger partial charge in [-0.3, -0.25) is 0 Å². The van der Waals surface area contributed by atoms with Crippen molar-refractivity contribution in [1.29, 1.82) is 0 Å². The minimum absolute atomic E-state index is 0.706. The summed E-state index contributed by atoms with van der Waals surface area (Å²) in [5.41, 5.74) is 12.1. The number of benzene rings is 1. The van der Waals surface area contributed by atoms with Crippen molar-refractivity contribution in [1.82, 2.24) is 4.57 Å². The van der Waals surface area contributed by atoms with Gasteiger partial charge >= 0.3 is 0 Å². The van der Waals surface area contributed by atoms with Gasteiger partial charge in [-0.2, -0.15) is 0 Å². The van der Waals surface area contributed by atoms with Crippen LogP contribution in [0.2, 0.25) is 0 Å². The Balaban J connectivity index is 2.52. The van der Waals surface area contributed by atoms with Crippen LogP contribution >= 0.6 is 0 Å². The first-order valence-electron chi connectivity index (χ1n) is 6.08. The number of hydrogen-bond acceptors (Lipinski definition) is 1. The second-order valence-corrected chi connectivity index (χ2v) is 4.61. The number of aromatic nitrogens is 1. The average molecular weight is 228 g/mol. The molecule has 90 valence electrons. The van der Waals surface area contributed by atoms with E-state index in [0.29, 0.717) is 6.54 Å². The molecule has 0 aliphatic heterocycles. The summed E-state index contributed by atoms with van der Waals surface area (Å²) < 4.78 is 2.30. The maximum absolute atomic E-state index is 5.64. The fourth-order valence-corrected chi connectivity index (χ4v) is 2.40. The van der Waals surface area contributed by atoms with Crippen LogP contribution in [-0.4, -0.2) is 11.1 Å². The minimum atomic E-state index is 0.706. The molecule has 17 heavy (non-hydrogen) atoms. The topological polar surface area (TPSA) is 30.9 Å². The first-order chi connectivity index (χ1) is 8.13. The summed E-state index contributed by atoms with van der Waals surface area (Å²) in [6.45, 7) is 7.15.